The molecule has 9 heavy (non-hydrogen) atoms. The smallest absolute Gasteiger partial charge is 0.0158 e. The monoisotopic (exact) mass is 138 g/mol. The van der Waals surface area contributed by atoms with Crippen molar-refractivity contribution in [2.24, 2.45) is 0 Å². The van der Waals surface area contributed by atoms with E-state index in [1.54, 1.807) is 0 Å². The van der Waals surface area contributed by atoms with Gasteiger partial charge in [0.05, 0.1) is 0 Å². The summed E-state index contributed by atoms with van der Waals surface area (Å²) in [7, 11) is 1.29. The maximum absolute atomic E-state index is 2.36. The van der Waals surface area contributed by atoms with E-state index in [9.17, 15) is 0 Å². The van der Waals surface area contributed by atoms with Crippen LogP contribution in [0.3, 0.4) is 0 Å². The van der Waals surface area contributed by atoms with Gasteiger partial charge in [0.15, 0.2) is 0 Å². The quantitative estimate of drug-likeness (QED) is 0.481. The lowest BCUT2D eigenvalue weighted by Crippen LogP contribution is -2.08. The summed E-state index contributed by atoms with van der Waals surface area (Å²) in [5.41, 5.74) is 0. The van der Waals surface area contributed by atoms with E-state index in [0.29, 0.717) is 5.04 Å². The molecule has 1 rings (SSSR count). The van der Waals surface area contributed by atoms with Crippen LogP contribution in [0.1, 0.15) is 19.8 Å². The molecule has 50 valence electrons. The first-order valence-corrected chi connectivity index (χ1v) is 4.61. The predicted molar refractivity (Wildman–Crippen MR) is 45.8 cm³/mol. The molecule has 0 nitrogen and oxygen atoms in total. The molecule has 0 N–H and O–H groups in total. The Balaban J connectivity index is 2.63. The molecule has 0 heterocycles. The topological polar surface area (TPSA) is 0 Å². The van der Waals surface area contributed by atoms with Gasteiger partial charge in [-0.1, -0.05) is 37.6 Å². The average Bonchev–Trinajstić information content (AvgIpc) is 1.90. The van der Waals surface area contributed by atoms with Gasteiger partial charge in [-0.2, -0.15) is 0 Å². The third-order valence-corrected chi connectivity index (χ3v) is 3.59. The standard InChI is InChI=1S/C8H14Si/c1-2-8(9)6-4-3-5-7-8/h3-6H,2,7H2,1,9H3. The van der Waals surface area contributed by atoms with Crippen LogP contribution in [0.15, 0.2) is 24.3 Å². The van der Waals surface area contributed by atoms with Gasteiger partial charge in [0.1, 0.15) is 0 Å². The molecule has 0 fully saturated rings. The molecule has 0 saturated carbocycles. The van der Waals surface area contributed by atoms with Gasteiger partial charge in [0.25, 0.3) is 0 Å². The normalized spacial score (nSPS) is 33.4. The average molecular weight is 138 g/mol. The van der Waals surface area contributed by atoms with Gasteiger partial charge in [-0.05, 0) is 11.5 Å². The summed E-state index contributed by atoms with van der Waals surface area (Å²) in [5.74, 6) is 0. The molecule has 1 aliphatic carbocycles. The Hall–Kier alpha value is -0.303. The molecular formula is C8H14Si. The minimum absolute atomic E-state index is 0.592. The zero-order valence-corrected chi connectivity index (χ0v) is 8.22. The fourth-order valence-electron chi connectivity index (χ4n) is 1.03. The minimum atomic E-state index is 0.592. The number of allylic oxidation sites excluding steroid dienone is 4. The Kier molecular flexibility index (Phi) is 1.91. The molecule has 0 amide bonds. The van der Waals surface area contributed by atoms with Crippen molar-refractivity contribution in [3.63, 3.8) is 0 Å². The molecule has 0 aromatic heterocycles. The van der Waals surface area contributed by atoms with Gasteiger partial charge in [-0.3, -0.25) is 0 Å². The van der Waals surface area contributed by atoms with Crippen LogP contribution >= 0.6 is 0 Å². The maximum Gasteiger partial charge on any atom is 0.0158 e. The predicted octanol–water partition coefficient (Wildman–Crippen LogP) is 1.44. The third-order valence-electron chi connectivity index (χ3n) is 2.14. The first-order valence-electron chi connectivity index (χ1n) is 3.61. The SMILES string of the molecule is CCC1([SiH3])C=CC=CC1. The minimum Gasteiger partial charge on any atom is -0.0840 e. The third kappa shape index (κ3) is 1.55. The second kappa shape index (κ2) is 2.52. The summed E-state index contributed by atoms with van der Waals surface area (Å²) in [5, 5.41) is 0.592. The van der Waals surface area contributed by atoms with Crippen LogP contribution in [-0.4, -0.2) is 10.2 Å². The highest BCUT2D eigenvalue weighted by atomic mass is 28.1. The second-order valence-electron chi connectivity index (χ2n) is 3.00. The summed E-state index contributed by atoms with van der Waals surface area (Å²) >= 11 is 0. The highest BCUT2D eigenvalue weighted by Crippen LogP contribution is 2.34. The molecule has 0 spiro atoms. The number of rotatable bonds is 1. The van der Waals surface area contributed by atoms with Crippen molar-refractivity contribution < 1.29 is 0 Å². The Bertz CT molecular complexity index is 147. The lowest BCUT2D eigenvalue weighted by Gasteiger charge is -2.23. The van der Waals surface area contributed by atoms with E-state index < -0.39 is 0 Å². The van der Waals surface area contributed by atoms with Gasteiger partial charge in [0, 0.05) is 10.2 Å². The molecular weight excluding hydrogens is 124 g/mol. The van der Waals surface area contributed by atoms with Crippen molar-refractivity contribution in [2.75, 3.05) is 0 Å². The van der Waals surface area contributed by atoms with Gasteiger partial charge in [-0.25, -0.2) is 0 Å². The first kappa shape index (κ1) is 6.81. The fraction of sp³-hybridized carbons (Fsp3) is 0.500. The maximum atomic E-state index is 2.36. The van der Waals surface area contributed by atoms with Crippen molar-refractivity contribution in [1.82, 2.24) is 0 Å². The van der Waals surface area contributed by atoms with Crippen LogP contribution in [-0.2, 0) is 0 Å². The van der Waals surface area contributed by atoms with Crippen LogP contribution < -0.4 is 0 Å². The molecule has 0 radical (unpaired) electrons. The summed E-state index contributed by atoms with van der Waals surface area (Å²) < 4.78 is 0. The van der Waals surface area contributed by atoms with Crippen LogP contribution in [0, 0.1) is 0 Å². The molecule has 1 aliphatic rings. The van der Waals surface area contributed by atoms with Crippen molar-refractivity contribution in [2.45, 2.75) is 24.8 Å². The van der Waals surface area contributed by atoms with Crippen molar-refractivity contribution >= 4 is 10.2 Å². The lowest BCUT2D eigenvalue weighted by molar-refractivity contribution is 0.659. The summed E-state index contributed by atoms with van der Waals surface area (Å²) in [4.78, 5) is 0. The molecule has 1 heteroatoms. The number of hydrogen-bond donors (Lipinski definition) is 0. The van der Waals surface area contributed by atoms with Gasteiger partial charge in [-0.15, -0.1) is 0 Å². The van der Waals surface area contributed by atoms with E-state index in [2.05, 4.69) is 31.2 Å². The van der Waals surface area contributed by atoms with Crippen molar-refractivity contribution in [3.05, 3.63) is 24.3 Å². The zero-order valence-electron chi connectivity index (χ0n) is 6.22. The fourth-order valence-corrected chi connectivity index (χ4v) is 1.46. The largest absolute Gasteiger partial charge is 0.0840 e. The molecule has 1 atom stereocenters. The molecule has 0 aliphatic heterocycles. The van der Waals surface area contributed by atoms with Crippen LogP contribution in [0.4, 0.5) is 0 Å². The molecule has 0 aromatic rings. The summed E-state index contributed by atoms with van der Waals surface area (Å²) in [6, 6.07) is 0. The van der Waals surface area contributed by atoms with Crippen molar-refractivity contribution in [1.29, 1.82) is 0 Å². The first-order chi connectivity index (χ1) is 4.27. The lowest BCUT2D eigenvalue weighted by atomic mass is 9.97. The highest BCUT2D eigenvalue weighted by Gasteiger charge is 2.16. The van der Waals surface area contributed by atoms with Gasteiger partial charge < -0.3 is 0 Å². The second-order valence-corrected chi connectivity index (χ2v) is 4.99. The Morgan fingerprint density at radius 1 is 1.56 bits per heavy atom. The zero-order chi connectivity index (χ0) is 6.74. The van der Waals surface area contributed by atoms with Gasteiger partial charge in [0.2, 0.25) is 0 Å². The van der Waals surface area contributed by atoms with E-state index in [4.69, 9.17) is 0 Å². The molecule has 0 saturated heterocycles. The van der Waals surface area contributed by atoms with Crippen molar-refractivity contribution in [3.8, 4) is 0 Å². The Morgan fingerprint density at radius 3 is 2.67 bits per heavy atom. The van der Waals surface area contributed by atoms with E-state index in [-0.39, 0.29) is 0 Å². The number of hydrogen-bond acceptors (Lipinski definition) is 0. The van der Waals surface area contributed by atoms with Gasteiger partial charge >= 0.3 is 0 Å². The van der Waals surface area contributed by atoms with Crippen LogP contribution in [0.25, 0.3) is 0 Å². The Morgan fingerprint density at radius 2 is 2.33 bits per heavy atom. The van der Waals surface area contributed by atoms with E-state index in [1.165, 1.54) is 23.1 Å². The van der Waals surface area contributed by atoms with E-state index in [1.807, 2.05) is 0 Å². The Labute approximate surface area is 60.1 Å². The van der Waals surface area contributed by atoms with Crippen LogP contribution in [0.5, 0.6) is 0 Å². The van der Waals surface area contributed by atoms with E-state index >= 15 is 0 Å². The van der Waals surface area contributed by atoms with Crippen LogP contribution in [0.2, 0.25) is 5.04 Å². The molecule has 0 bridgehead atoms. The highest BCUT2D eigenvalue weighted by molar-refractivity contribution is 6.16. The summed E-state index contributed by atoms with van der Waals surface area (Å²) in [6.45, 7) is 2.27. The molecule has 0 aromatic carbocycles. The van der Waals surface area contributed by atoms with E-state index in [0.717, 1.165) is 0 Å². The summed E-state index contributed by atoms with van der Waals surface area (Å²) in [6.07, 6.45) is 11.5. The molecule has 1 unspecified atom stereocenters.